The van der Waals surface area contributed by atoms with Gasteiger partial charge in [0.25, 0.3) is 0 Å². The number of nitrogens with zero attached hydrogens (tertiary/aromatic N) is 5. The Bertz CT molecular complexity index is 3180. The van der Waals surface area contributed by atoms with Crippen molar-refractivity contribution in [2.45, 2.75) is 0 Å². The molecule has 4 heterocycles. The molecule has 0 aliphatic carbocycles. The predicted molar refractivity (Wildman–Crippen MR) is 211 cm³/mol. The van der Waals surface area contributed by atoms with Gasteiger partial charge in [-0.15, -0.1) is 0 Å². The second-order valence-corrected chi connectivity index (χ2v) is 13.1. The zero-order valence-electron chi connectivity index (χ0n) is 28.1. The van der Waals surface area contributed by atoms with Crippen LogP contribution in [0.2, 0.25) is 0 Å². The maximum Gasteiger partial charge on any atom is 0.164 e. The highest BCUT2D eigenvalue weighted by Gasteiger charge is 2.20. The Hall–Kier alpha value is -7.38. The van der Waals surface area contributed by atoms with Crippen molar-refractivity contribution in [3.05, 3.63) is 164 Å². The lowest BCUT2D eigenvalue weighted by Crippen LogP contribution is -2.00. The molecule has 7 heteroatoms. The minimum absolute atomic E-state index is 0.564. The van der Waals surface area contributed by atoms with Gasteiger partial charge in [-0.3, -0.25) is 4.57 Å². The topological polar surface area (TPSA) is 82.8 Å². The summed E-state index contributed by atoms with van der Waals surface area (Å²) in [5, 5.41) is 3.98. The molecule has 7 aromatic carbocycles. The first kappa shape index (κ1) is 29.4. The zero-order valence-corrected chi connectivity index (χ0v) is 28.1. The lowest BCUT2D eigenvalue weighted by molar-refractivity contribution is 0.668. The van der Waals surface area contributed by atoms with Crippen molar-refractivity contribution in [1.82, 2.24) is 24.5 Å². The molecule has 11 rings (SSSR count). The Morgan fingerprint density at radius 1 is 0.396 bits per heavy atom. The maximum absolute atomic E-state index is 6.59. The molecule has 0 bridgehead atoms. The predicted octanol–water partition coefficient (Wildman–Crippen LogP) is 11.7. The van der Waals surface area contributed by atoms with Gasteiger partial charge in [-0.1, -0.05) is 97.1 Å². The summed E-state index contributed by atoms with van der Waals surface area (Å²) >= 11 is 0. The first-order valence-corrected chi connectivity index (χ1v) is 17.5. The largest absolute Gasteiger partial charge is 0.456 e. The first-order valence-electron chi connectivity index (χ1n) is 17.5. The molecule has 7 nitrogen and oxygen atoms in total. The Morgan fingerprint density at radius 2 is 1.08 bits per heavy atom. The van der Waals surface area contributed by atoms with Crippen LogP contribution in [0, 0.1) is 0 Å². The summed E-state index contributed by atoms with van der Waals surface area (Å²) in [6, 6.07) is 55.1. The minimum atomic E-state index is 0.564. The second kappa shape index (κ2) is 11.6. The lowest BCUT2D eigenvalue weighted by Gasteiger charge is -2.10. The standard InChI is InChI=1S/C46H27N5O2/c1-3-12-28(13-4-1)43-48-44(29-23-25-39-35(26-29)32-16-7-10-20-38(32)52-39)50-45(49-43)34-17-11-21-40-42(34)33-24-22-30(27-41(33)53-40)46-47-36-18-8-9-19-37(36)51(46)31-14-5-2-6-15-31/h1-27H. The van der Waals surface area contributed by atoms with Gasteiger partial charge in [0, 0.05) is 49.5 Å². The Morgan fingerprint density at radius 3 is 1.96 bits per heavy atom. The molecule has 0 spiro atoms. The fraction of sp³-hybridized carbons (Fsp3) is 0. The van der Waals surface area contributed by atoms with Gasteiger partial charge in [-0.2, -0.15) is 0 Å². The zero-order chi connectivity index (χ0) is 34.9. The third-order valence-corrected chi connectivity index (χ3v) is 9.87. The van der Waals surface area contributed by atoms with Crippen LogP contribution in [-0.4, -0.2) is 24.5 Å². The van der Waals surface area contributed by atoms with E-state index in [9.17, 15) is 0 Å². The molecule has 0 amide bonds. The molecule has 0 saturated heterocycles. The molecular weight excluding hydrogens is 655 g/mol. The van der Waals surface area contributed by atoms with Crippen molar-refractivity contribution >= 4 is 54.9 Å². The summed E-state index contributed by atoms with van der Waals surface area (Å²) in [5.74, 6) is 2.58. The summed E-state index contributed by atoms with van der Waals surface area (Å²) in [7, 11) is 0. The fourth-order valence-corrected chi connectivity index (χ4v) is 7.42. The smallest absolute Gasteiger partial charge is 0.164 e. The van der Waals surface area contributed by atoms with E-state index < -0.39 is 0 Å². The Kier molecular flexibility index (Phi) is 6.42. The SMILES string of the molecule is c1ccc(-c2nc(-c3ccc4oc5ccccc5c4c3)nc(-c3cccc4oc5cc(-c6nc7ccccc7n6-c6ccccc6)ccc5c34)n2)cc1. The van der Waals surface area contributed by atoms with Gasteiger partial charge >= 0.3 is 0 Å². The molecule has 0 radical (unpaired) electrons. The Balaban J connectivity index is 1.10. The minimum Gasteiger partial charge on any atom is -0.456 e. The van der Waals surface area contributed by atoms with E-state index in [0.29, 0.717) is 17.5 Å². The van der Waals surface area contributed by atoms with Crippen LogP contribution in [0.15, 0.2) is 173 Å². The molecule has 0 aliphatic rings. The van der Waals surface area contributed by atoms with Crippen molar-refractivity contribution in [2.24, 2.45) is 0 Å². The molecule has 11 aromatic rings. The van der Waals surface area contributed by atoms with Crippen LogP contribution in [0.5, 0.6) is 0 Å². The lowest BCUT2D eigenvalue weighted by atomic mass is 10.0. The number of imidazole rings is 1. The third kappa shape index (κ3) is 4.75. The second-order valence-electron chi connectivity index (χ2n) is 13.1. The highest BCUT2D eigenvalue weighted by Crippen LogP contribution is 2.39. The molecule has 248 valence electrons. The summed E-state index contributed by atoms with van der Waals surface area (Å²) in [6.07, 6.45) is 0. The van der Waals surface area contributed by atoms with Crippen LogP contribution in [-0.2, 0) is 0 Å². The van der Waals surface area contributed by atoms with Crippen LogP contribution in [0.1, 0.15) is 0 Å². The number of para-hydroxylation sites is 4. The first-order chi connectivity index (χ1) is 26.2. The average molecular weight is 682 g/mol. The van der Waals surface area contributed by atoms with E-state index in [1.54, 1.807) is 0 Å². The molecule has 0 saturated carbocycles. The quantitative estimate of drug-likeness (QED) is 0.180. The number of furan rings is 2. The van der Waals surface area contributed by atoms with Gasteiger partial charge in [0.1, 0.15) is 28.2 Å². The number of fused-ring (bicyclic) bond motifs is 7. The summed E-state index contributed by atoms with van der Waals surface area (Å²) in [4.78, 5) is 20.3. The summed E-state index contributed by atoms with van der Waals surface area (Å²) < 4.78 is 14.9. The molecule has 0 N–H and O–H groups in total. The summed E-state index contributed by atoms with van der Waals surface area (Å²) in [6.45, 7) is 0. The number of aromatic nitrogens is 5. The van der Waals surface area contributed by atoms with Gasteiger partial charge in [0.05, 0.1) is 11.0 Å². The van der Waals surface area contributed by atoms with Crippen LogP contribution < -0.4 is 0 Å². The van der Waals surface area contributed by atoms with E-state index >= 15 is 0 Å². The molecule has 53 heavy (non-hydrogen) atoms. The van der Waals surface area contributed by atoms with Gasteiger partial charge in [-0.05, 0) is 66.7 Å². The van der Waals surface area contributed by atoms with E-state index in [0.717, 1.165) is 88.7 Å². The maximum atomic E-state index is 6.59. The highest BCUT2D eigenvalue weighted by molar-refractivity contribution is 6.12. The Labute approximate surface area is 302 Å². The number of hydrogen-bond acceptors (Lipinski definition) is 6. The van der Waals surface area contributed by atoms with Gasteiger partial charge in [0.2, 0.25) is 0 Å². The van der Waals surface area contributed by atoms with Crippen molar-refractivity contribution in [2.75, 3.05) is 0 Å². The van der Waals surface area contributed by atoms with Gasteiger partial charge in [0.15, 0.2) is 17.5 Å². The number of hydrogen-bond donors (Lipinski definition) is 0. The van der Waals surface area contributed by atoms with Crippen LogP contribution in [0.3, 0.4) is 0 Å². The molecule has 0 unspecified atom stereocenters. The fourth-order valence-electron chi connectivity index (χ4n) is 7.42. The van der Waals surface area contributed by atoms with Crippen LogP contribution in [0.4, 0.5) is 0 Å². The van der Waals surface area contributed by atoms with E-state index in [-0.39, 0.29) is 0 Å². The van der Waals surface area contributed by atoms with Gasteiger partial charge in [-0.25, -0.2) is 19.9 Å². The highest BCUT2D eigenvalue weighted by atomic mass is 16.3. The monoisotopic (exact) mass is 681 g/mol. The molecular formula is C46H27N5O2. The molecule has 0 aliphatic heterocycles. The summed E-state index contributed by atoms with van der Waals surface area (Å²) in [5.41, 5.74) is 9.79. The van der Waals surface area contributed by atoms with Gasteiger partial charge < -0.3 is 8.83 Å². The average Bonchev–Trinajstić information content (AvgIpc) is 3.92. The molecule has 4 aromatic heterocycles. The van der Waals surface area contributed by atoms with Crippen molar-refractivity contribution in [3.8, 4) is 51.2 Å². The van der Waals surface area contributed by atoms with Crippen LogP contribution in [0.25, 0.3) is 106 Å². The van der Waals surface area contributed by atoms with E-state index in [4.69, 9.17) is 28.8 Å². The van der Waals surface area contributed by atoms with Crippen molar-refractivity contribution in [3.63, 3.8) is 0 Å². The number of benzene rings is 7. The van der Waals surface area contributed by atoms with Crippen molar-refractivity contribution in [1.29, 1.82) is 0 Å². The van der Waals surface area contributed by atoms with E-state index in [1.165, 1.54) is 0 Å². The molecule has 0 atom stereocenters. The normalized spacial score (nSPS) is 11.8. The molecule has 0 fully saturated rings. The van der Waals surface area contributed by atoms with E-state index in [1.807, 2.05) is 109 Å². The van der Waals surface area contributed by atoms with Crippen LogP contribution >= 0.6 is 0 Å². The van der Waals surface area contributed by atoms with Crippen molar-refractivity contribution < 1.29 is 8.83 Å². The third-order valence-electron chi connectivity index (χ3n) is 9.87. The number of rotatable bonds is 5. The van der Waals surface area contributed by atoms with E-state index in [2.05, 4.69) is 59.2 Å².